The Hall–Kier alpha value is -1.82. The number of nitrogens with zero attached hydrogens (tertiary/aromatic N) is 2. The summed E-state index contributed by atoms with van der Waals surface area (Å²) in [4.78, 5) is 8.38. The number of nitrogens with one attached hydrogen (secondary N) is 2. The first-order valence-corrected chi connectivity index (χ1v) is 11.0. The Bertz CT molecular complexity index is 759. The van der Waals surface area contributed by atoms with Crippen molar-refractivity contribution in [1.82, 2.24) is 10.6 Å². The summed E-state index contributed by atoms with van der Waals surface area (Å²) in [6, 6.07) is 14.4. The molecule has 0 saturated carbocycles. The first-order chi connectivity index (χ1) is 16.3. The Kier molecular flexibility index (Phi) is 28.2. The zero-order valence-corrected chi connectivity index (χ0v) is 22.2. The summed E-state index contributed by atoms with van der Waals surface area (Å²) in [6.07, 6.45) is -0.672. The largest absolute Gasteiger partial charge is 1.00 e. The molecule has 0 unspecified atom stereocenters. The van der Waals surface area contributed by atoms with E-state index in [1.165, 1.54) is 0 Å². The second-order valence-corrected chi connectivity index (χ2v) is 6.72. The Morgan fingerprint density at radius 3 is 1.28 bits per heavy atom. The molecule has 0 aliphatic heterocycles. The van der Waals surface area contributed by atoms with Crippen LogP contribution in [0.1, 0.15) is 25.0 Å². The van der Waals surface area contributed by atoms with Crippen LogP contribution < -0.4 is 10.6 Å². The summed E-state index contributed by atoms with van der Waals surface area (Å²) in [5, 5.41) is 55.9. The van der Waals surface area contributed by atoms with Crippen molar-refractivity contribution < 1.29 is 64.8 Å². The van der Waals surface area contributed by atoms with Gasteiger partial charge in [0.15, 0.2) is 0 Å². The topological polar surface area (TPSA) is 170 Å². The van der Waals surface area contributed by atoms with E-state index in [4.69, 9.17) is 20.4 Å². The molecule has 8 N–H and O–H groups in total. The van der Waals surface area contributed by atoms with Gasteiger partial charge in [0.05, 0.1) is 13.1 Å². The van der Waals surface area contributed by atoms with E-state index in [2.05, 4.69) is 34.5 Å². The molecule has 0 bridgehead atoms. The Morgan fingerprint density at radius 1 is 0.667 bits per heavy atom. The van der Waals surface area contributed by atoms with Crippen LogP contribution in [-0.2, 0) is 34.1 Å². The molecule has 0 saturated heterocycles. The summed E-state index contributed by atoms with van der Waals surface area (Å²) in [7, 11) is 0. The predicted molar refractivity (Wildman–Crippen MR) is 135 cm³/mol. The van der Waals surface area contributed by atoms with E-state index in [1.807, 2.05) is 24.3 Å². The summed E-state index contributed by atoms with van der Waals surface area (Å²) >= 11 is 0. The van der Waals surface area contributed by atoms with E-state index < -0.39 is 12.6 Å². The van der Waals surface area contributed by atoms with Crippen molar-refractivity contribution in [2.45, 2.75) is 26.4 Å². The second kappa shape index (κ2) is 26.2. The maximum atomic E-state index is 9.41. The van der Waals surface area contributed by atoms with Gasteiger partial charge in [-0.2, -0.15) is 0 Å². The predicted octanol–water partition coefficient (Wildman–Crippen LogP) is 0.444. The van der Waals surface area contributed by atoms with Gasteiger partial charge in [-0.15, -0.1) is 0 Å². The van der Waals surface area contributed by atoms with Gasteiger partial charge in [0.1, 0.15) is 11.5 Å². The van der Waals surface area contributed by atoms with Crippen molar-refractivity contribution >= 4 is 12.4 Å². The van der Waals surface area contributed by atoms with Gasteiger partial charge >= 0.3 is 34.1 Å². The minimum absolute atomic E-state index is 0. The van der Waals surface area contributed by atoms with Gasteiger partial charge in [-0.3, -0.25) is 9.98 Å². The number of rotatable bonds is 11. The van der Waals surface area contributed by atoms with Crippen molar-refractivity contribution in [2.24, 2.45) is 9.98 Å². The third-order valence-corrected chi connectivity index (χ3v) is 3.94. The average Bonchev–Trinajstić information content (AvgIpc) is 2.82. The molecule has 0 fully saturated rings. The Morgan fingerprint density at radius 2 is 1.00 bits per heavy atom. The molecule has 210 valence electrons. The fraction of sp³-hybridized carbons (Fsp3) is 0.417. The third-order valence-electron chi connectivity index (χ3n) is 3.94. The number of hydrogen-bond acceptors (Lipinski definition) is 10. The number of aliphatic imine (C=N–C) groups is 2. The first-order valence-electron chi connectivity index (χ1n) is 11.0. The number of hydrogen-bond donors (Lipinski definition) is 8. The smallest absolute Gasteiger partial charge is 0.507 e. The van der Waals surface area contributed by atoms with Crippen LogP contribution in [0.25, 0.3) is 0 Å². The van der Waals surface area contributed by atoms with Crippen LogP contribution in [0, 0.1) is 0 Å². The minimum Gasteiger partial charge on any atom is -0.507 e. The van der Waals surface area contributed by atoms with Crippen molar-refractivity contribution in [3.63, 3.8) is 0 Å². The monoisotopic (exact) mass is 604 g/mol. The fourth-order valence-corrected chi connectivity index (χ4v) is 2.16. The third kappa shape index (κ3) is 21.5. The van der Waals surface area contributed by atoms with Gasteiger partial charge in [0.2, 0.25) is 12.6 Å². The molecular formula is C24H38Cu2N4O6+2. The number of aliphatic hydroxyl groups excluding tert-OH is 2. The second-order valence-electron chi connectivity index (χ2n) is 6.72. The molecule has 2 aromatic carbocycles. The number of aliphatic hydroxyl groups is 4. The van der Waals surface area contributed by atoms with Crippen molar-refractivity contribution in [3.8, 4) is 11.5 Å². The number of para-hydroxylation sites is 2. The number of phenolic OH excluding ortho intramolecular Hbond substituents is 2. The molecule has 0 spiro atoms. The van der Waals surface area contributed by atoms with Gasteiger partial charge in [0.25, 0.3) is 0 Å². The van der Waals surface area contributed by atoms with Crippen LogP contribution in [0.4, 0.5) is 0 Å². The molecular weight excluding hydrogens is 567 g/mol. The Balaban J connectivity index is -0.000000475. The van der Waals surface area contributed by atoms with Gasteiger partial charge in [-0.05, 0) is 37.4 Å². The summed E-state index contributed by atoms with van der Waals surface area (Å²) < 4.78 is 0. The summed E-state index contributed by atoms with van der Waals surface area (Å²) in [5.41, 5.74) is 1.54. The maximum absolute atomic E-state index is 9.41. The number of phenols is 2. The quantitative estimate of drug-likeness (QED) is 0.0790. The average molecular weight is 606 g/mol. The van der Waals surface area contributed by atoms with E-state index in [0.717, 1.165) is 50.4 Å². The van der Waals surface area contributed by atoms with Crippen molar-refractivity contribution in [2.75, 3.05) is 39.3 Å². The Labute approximate surface area is 234 Å². The molecule has 2 aromatic rings. The van der Waals surface area contributed by atoms with Gasteiger partial charge in [0, 0.05) is 36.6 Å². The number of benzene rings is 2. The molecule has 0 aliphatic rings. The molecule has 0 aliphatic carbocycles. The number of aromatic hydroxyl groups is 2. The SMILES string of the molecule is CCNCCN=Cc1ccccc1O.CCNCCN=Cc1ccccc1O.OC(O)C(O)O.[Cu+].[Cu+]. The van der Waals surface area contributed by atoms with Crippen molar-refractivity contribution in [3.05, 3.63) is 59.7 Å². The van der Waals surface area contributed by atoms with E-state index in [9.17, 15) is 10.2 Å². The minimum atomic E-state index is -2.04. The van der Waals surface area contributed by atoms with E-state index in [-0.39, 0.29) is 45.6 Å². The van der Waals surface area contributed by atoms with E-state index in [1.54, 1.807) is 36.7 Å². The fourth-order valence-electron chi connectivity index (χ4n) is 2.16. The van der Waals surface area contributed by atoms with Crippen LogP contribution >= 0.6 is 0 Å². The zero-order valence-electron chi connectivity index (χ0n) is 20.4. The molecule has 2 rings (SSSR count). The van der Waals surface area contributed by atoms with Crippen LogP contribution in [0.5, 0.6) is 11.5 Å². The van der Waals surface area contributed by atoms with Crippen LogP contribution in [0.15, 0.2) is 58.5 Å². The molecule has 36 heavy (non-hydrogen) atoms. The molecule has 10 nitrogen and oxygen atoms in total. The van der Waals surface area contributed by atoms with Crippen LogP contribution in [-0.4, -0.2) is 94.9 Å². The molecule has 0 heterocycles. The normalized spacial score (nSPS) is 10.3. The van der Waals surface area contributed by atoms with Crippen LogP contribution in [0.3, 0.4) is 0 Å². The zero-order chi connectivity index (χ0) is 25.6. The standard InChI is InChI=1S/2C11H16N2O.C2H6O4.2Cu/c2*1-2-12-7-8-13-9-10-5-3-4-6-11(10)14;3-1(4)2(5)6;;/h2*3-6,9,12,14H,2,7-8H2,1H3;1-6H;;/q;;;2*+1. The molecule has 0 aromatic heterocycles. The molecule has 0 amide bonds. The van der Waals surface area contributed by atoms with Gasteiger partial charge in [-0.25, -0.2) is 0 Å². The van der Waals surface area contributed by atoms with E-state index >= 15 is 0 Å². The van der Waals surface area contributed by atoms with Gasteiger partial charge in [-0.1, -0.05) is 38.1 Å². The van der Waals surface area contributed by atoms with Gasteiger partial charge < -0.3 is 41.3 Å². The van der Waals surface area contributed by atoms with Crippen LogP contribution in [0.2, 0.25) is 0 Å². The maximum Gasteiger partial charge on any atom is 1.00 e. The molecule has 0 radical (unpaired) electrons. The molecule has 0 atom stereocenters. The number of likely N-dealkylation sites (N-methyl/N-ethyl adjacent to an activating group) is 2. The molecule has 12 heteroatoms. The van der Waals surface area contributed by atoms with E-state index in [0.29, 0.717) is 0 Å². The summed E-state index contributed by atoms with van der Waals surface area (Å²) in [6.45, 7) is 9.28. The first kappa shape index (κ1) is 38.7. The van der Waals surface area contributed by atoms with Crippen molar-refractivity contribution in [1.29, 1.82) is 0 Å². The summed E-state index contributed by atoms with van der Waals surface area (Å²) in [5.74, 6) is 0.555.